The first kappa shape index (κ1) is 18.4. The van der Waals surface area contributed by atoms with Crippen LogP contribution in [0, 0.1) is 0 Å². The van der Waals surface area contributed by atoms with E-state index in [1.807, 2.05) is 18.2 Å². The van der Waals surface area contributed by atoms with E-state index in [-0.39, 0.29) is 18.0 Å². The second-order valence-corrected chi connectivity index (χ2v) is 6.65. The van der Waals surface area contributed by atoms with E-state index in [9.17, 15) is 4.79 Å². The molecule has 1 aliphatic heterocycles. The number of quaternary nitrogens is 1. The van der Waals surface area contributed by atoms with Gasteiger partial charge >= 0.3 is 0 Å². The molecule has 1 amide bonds. The number of methoxy groups -OCH3 is 1. The van der Waals surface area contributed by atoms with E-state index in [2.05, 4.69) is 36.5 Å². The molecule has 1 fully saturated rings. The van der Waals surface area contributed by atoms with Gasteiger partial charge in [0.2, 0.25) is 0 Å². The van der Waals surface area contributed by atoms with E-state index >= 15 is 0 Å². The SMILES string of the molecule is COc1ccc(C(=O)N[C@H](C)[C@@H](c2ccccc2)[NH+]2CCOCC2)cc1. The van der Waals surface area contributed by atoms with Gasteiger partial charge in [0, 0.05) is 11.1 Å². The van der Waals surface area contributed by atoms with Crippen LogP contribution in [0.3, 0.4) is 0 Å². The molecule has 1 heterocycles. The van der Waals surface area contributed by atoms with Gasteiger partial charge in [0.25, 0.3) is 5.91 Å². The van der Waals surface area contributed by atoms with Gasteiger partial charge in [0.15, 0.2) is 0 Å². The number of ether oxygens (including phenoxy) is 2. The maximum absolute atomic E-state index is 12.7. The Hall–Kier alpha value is -2.37. The van der Waals surface area contributed by atoms with E-state index < -0.39 is 0 Å². The minimum Gasteiger partial charge on any atom is -0.497 e. The smallest absolute Gasteiger partial charge is 0.251 e. The summed E-state index contributed by atoms with van der Waals surface area (Å²) >= 11 is 0. The average molecular weight is 355 g/mol. The third kappa shape index (κ3) is 4.42. The number of amides is 1. The largest absolute Gasteiger partial charge is 0.497 e. The zero-order chi connectivity index (χ0) is 18.4. The van der Waals surface area contributed by atoms with Crippen LogP contribution in [0.15, 0.2) is 54.6 Å². The van der Waals surface area contributed by atoms with Crippen molar-refractivity contribution in [2.75, 3.05) is 33.4 Å². The van der Waals surface area contributed by atoms with Crippen molar-refractivity contribution in [2.45, 2.75) is 19.0 Å². The molecule has 0 saturated carbocycles. The molecule has 1 saturated heterocycles. The zero-order valence-corrected chi connectivity index (χ0v) is 15.4. The van der Waals surface area contributed by atoms with Gasteiger partial charge in [-0.1, -0.05) is 30.3 Å². The maximum atomic E-state index is 12.7. The highest BCUT2D eigenvalue weighted by molar-refractivity contribution is 5.94. The topological polar surface area (TPSA) is 52.0 Å². The fourth-order valence-corrected chi connectivity index (χ4v) is 3.60. The van der Waals surface area contributed by atoms with Crippen molar-refractivity contribution in [3.05, 3.63) is 65.7 Å². The fourth-order valence-electron chi connectivity index (χ4n) is 3.60. The monoisotopic (exact) mass is 355 g/mol. The van der Waals surface area contributed by atoms with Gasteiger partial charge in [-0.3, -0.25) is 4.79 Å². The van der Waals surface area contributed by atoms with Crippen molar-refractivity contribution in [2.24, 2.45) is 0 Å². The highest BCUT2D eigenvalue weighted by atomic mass is 16.5. The lowest BCUT2D eigenvalue weighted by atomic mass is 9.97. The molecular formula is C21H27N2O3+. The first-order valence-corrected chi connectivity index (χ1v) is 9.11. The van der Waals surface area contributed by atoms with Crippen LogP contribution in [-0.4, -0.2) is 45.4 Å². The Balaban J connectivity index is 1.75. The first-order valence-electron chi connectivity index (χ1n) is 9.11. The molecule has 0 aromatic heterocycles. The highest BCUT2D eigenvalue weighted by Gasteiger charge is 2.32. The molecule has 2 N–H and O–H groups in total. The van der Waals surface area contributed by atoms with Crippen LogP contribution in [0.25, 0.3) is 0 Å². The molecule has 1 aliphatic rings. The van der Waals surface area contributed by atoms with E-state index in [1.165, 1.54) is 10.5 Å². The molecule has 3 rings (SSSR count). The van der Waals surface area contributed by atoms with Crippen molar-refractivity contribution >= 4 is 5.91 Å². The molecule has 2 atom stereocenters. The molecule has 5 nitrogen and oxygen atoms in total. The minimum absolute atomic E-state index is 0.0000941. The molecular weight excluding hydrogens is 328 g/mol. The van der Waals surface area contributed by atoms with Crippen LogP contribution in [0.1, 0.15) is 28.9 Å². The summed E-state index contributed by atoms with van der Waals surface area (Å²) < 4.78 is 10.7. The quantitative estimate of drug-likeness (QED) is 0.825. The third-order valence-electron chi connectivity index (χ3n) is 4.94. The Bertz CT molecular complexity index is 697. The number of morpholine rings is 1. The molecule has 0 unspecified atom stereocenters. The summed E-state index contributed by atoms with van der Waals surface area (Å²) in [7, 11) is 1.62. The predicted octanol–water partition coefficient (Wildman–Crippen LogP) is 1.47. The maximum Gasteiger partial charge on any atom is 0.251 e. The Morgan fingerprint density at radius 2 is 1.73 bits per heavy atom. The molecule has 0 bridgehead atoms. The number of carbonyl (C=O) groups is 1. The van der Waals surface area contributed by atoms with Gasteiger partial charge in [-0.05, 0) is 31.2 Å². The van der Waals surface area contributed by atoms with Crippen molar-refractivity contribution in [3.8, 4) is 5.75 Å². The lowest BCUT2D eigenvalue weighted by molar-refractivity contribution is -0.940. The van der Waals surface area contributed by atoms with E-state index in [0.717, 1.165) is 32.1 Å². The lowest BCUT2D eigenvalue weighted by Gasteiger charge is -2.35. The van der Waals surface area contributed by atoms with Crippen LogP contribution in [-0.2, 0) is 4.74 Å². The molecule has 26 heavy (non-hydrogen) atoms. The van der Waals surface area contributed by atoms with E-state index in [0.29, 0.717) is 5.56 Å². The van der Waals surface area contributed by atoms with Gasteiger partial charge in [0.05, 0.1) is 26.4 Å². The van der Waals surface area contributed by atoms with Crippen LogP contribution < -0.4 is 15.0 Å². The summed E-state index contributed by atoms with van der Waals surface area (Å²) in [5.74, 6) is 0.684. The zero-order valence-electron chi connectivity index (χ0n) is 15.4. The molecule has 0 spiro atoms. The Kier molecular flexibility index (Phi) is 6.26. The Morgan fingerprint density at radius 3 is 2.35 bits per heavy atom. The molecule has 0 aliphatic carbocycles. The summed E-state index contributed by atoms with van der Waals surface area (Å²) in [4.78, 5) is 14.1. The number of carbonyl (C=O) groups excluding carboxylic acids is 1. The van der Waals surface area contributed by atoms with Gasteiger partial charge in [-0.25, -0.2) is 0 Å². The van der Waals surface area contributed by atoms with Crippen LogP contribution in [0.4, 0.5) is 0 Å². The number of benzene rings is 2. The number of hydrogen-bond donors (Lipinski definition) is 2. The summed E-state index contributed by atoms with van der Waals surface area (Å²) in [6.07, 6.45) is 0. The van der Waals surface area contributed by atoms with Crippen LogP contribution >= 0.6 is 0 Å². The molecule has 0 radical (unpaired) electrons. The van der Waals surface area contributed by atoms with Crippen molar-refractivity contribution in [1.82, 2.24) is 5.32 Å². The van der Waals surface area contributed by atoms with E-state index in [4.69, 9.17) is 9.47 Å². The van der Waals surface area contributed by atoms with Gasteiger partial charge in [-0.2, -0.15) is 0 Å². The fraction of sp³-hybridized carbons (Fsp3) is 0.381. The minimum atomic E-state index is -0.0613. The van der Waals surface area contributed by atoms with Crippen molar-refractivity contribution < 1.29 is 19.2 Å². The molecule has 2 aromatic carbocycles. The normalized spacial score (nSPS) is 17.3. The van der Waals surface area contributed by atoms with Crippen LogP contribution in [0.2, 0.25) is 0 Å². The van der Waals surface area contributed by atoms with Gasteiger partial charge in [-0.15, -0.1) is 0 Å². The second kappa shape index (κ2) is 8.83. The van der Waals surface area contributed by atoms with Crippen molar-refractivity contribution in [1.29, 1.82) is 0 Å². The highest BCUT2D eigenvalue weighted by Crippen LogP contribution is 2.16. The summed E-state index contributed by atoms with van der Waals surface area (Å²) in [6.45, 7) is 5.50. The Labute approximate surface area is 154 Å². The molecule has 2 aromatic rings. The number of hydrogen-bond acceptors (Lipinski definition) is 3. The summed E-state index contributed by atoms with van der Waals surface area (Å²) in [5, 5.41) is 3.19. The summed E-state index contributed by atoms with van der Waals surface area (Å²) in [5.41, 5.74) is 1.88. The summed E-state index contributed by atoms with van der Waals surface area (Å²) in [6, 6.07) is 17.8. The average Bonchev–Trinajstić information content (AvgIpc) is 2.70. The first-order chi connectivity index (χ1) is 12.7. The van der Waals surface area contributed by atoms with Crippen molar-refractivity contribution in [3.63, 3.8) is 0 Å². The van der Waals surface area contributed by atoms with E-state index in [1.54, 1.807) is 19.2 Å². The predicted molar refractivity (Wildman–Crippen MR) is 101 cm³/mol. The number of nitrogens with one attached hydrogen (secondary N) is 2. The molecule has 138 valence electrons. The third-order valence-corrected chi connectivity index (χ3v) is 4.94. The van der Waals surface area contributed by atoms with Crippen LogP contribution in [0.5, 0.6) is 5.75 Å². The lowest BCUT2D eigenvalue weighted by Crippen LogP contribution is -3.15. The second-order valence-electron chi connectivity index (χ2n) is 6.65. The standard InChI is InChI=1S/C21H26N2O3/c1-16(22-21(24)18-8-10-19(25-2)11-9-18)20(17-6-4-3-5-7-17)23-12-14-26-15-13-23/h3-11,16,20H,12-15H2,1-2H3,(H,22,24)/p+1/t16-,20+/m1/s1. The van der Waals surface area contributed by atoms with Gasteiger partial charge < -0.3 is 19.7 Å². The molecule has 5 heteroatoms. The van der Waals surface area contributed by atoms with Gasteiger partial charge in [0.1, 0.15) is 24.9 Å². The Morgan fingerprint density at radius 1 is 1.08 bits per heavy atom. The number of rotatable bonds is 6.